The summed E-state index contributed by atoms with van der Waals surface area (Å²) in [6, 6.07) is 14.2. The minimum absolute atomic E-state index is 0.136. The second kappa shape index (κ2) is 7.87. The minimum atomic E-state index is -3.68. The van der Waals surface area contributed by atoms with E-state index in [1.54, 1.807) is 31.4 Å². The zero-order valence-corrected chi connectivity index (χ0v) is 16.9. The van der Waals surface area contributed by atoms with Gasteiger partial charge >= 0.3 is 5.97 Å². The third kappa shape index (κ3) is 3.85. The molecule has 0 spiro atoms. The molecule has 29 heavy (non-hydrogen) atoms. The van der Waals surface area contributed by atoms with Gasteiger partial charge in [0.15, 0.2) is 5.84 Å². The van der Waals surface area contributed by atoms with Gasteiger partial charge in [0.25, 0.3) is 10.0 Å². The summed E-state index contributed by atoms with van der Waals surface area (Å²) < 4.78 is 39.4. The Morgan fingerprint density at radius 3 is 2.76 bits per heavy atom. The van der Waals surface area contributed by atoms with Crippen molar-refractivity contribution in [2.24, 2.45) is 10.3 Å². The largest absolute Gasteiger partial charge is 0.496 e. The quantitative estimate of drug-likeness (QED) is 0.715. The maximum atomic E-state index is 12.7. The first kappa shape index (κ1) is 19.4. The van der Waals surface area contributed by atoms with Crippen LogP contribution >= 0.6 is 0 Å². The number of fused-ring (bicyclic) bond motifs is 1. The van der Waals surface area contributed by atoms with Crippen LogP contribution in [-0.2, 0) is 26.2 Å². The fourth-order valence-electron chi connectivity index (χ4n) is 3.77. The van der Waals surface area contributed by atoms with Crippen LogP contribution in [0.15, 0.2) is 57.8 Å². The van der Waals surface area contributed by atoms with Gasteiger partial charge in [-0.25, -0.2) is 0 Å². The van der Waals surface area contributed by atoms with E-state index in [2.05, 4.69) is 4.40 Å². The van der Waals surface area contributed by atoms with Crippen molar-refractivity contribution in [3.05, 3.63) is 59.7 Å². The number of sulfonamides is 1. The molecule has 0 bridgehead atoms. The molecule has 4 rings (SSSR count). The molecule has 0 aliphatic carbocycles. The van der Waals surface area contributed by atoms with Gasteiger partial charge in [-0.3, -0.25) is 4.79 Å². The van der Waals surface area contributed by atoms with Crippen LogP contribution < -0.4 is 4.74 Å². The number of likely N-dealkylation sites (tertiary alicyclic amines) is 1. The lowest BCUT2D eigenvalue weighted by Gasteiger charge is -2.33. The molecule has 8 heteroatoms. The van der Waals surface area contributed by atoms with Crippen molar-refractivity contribution >= 4 is 21.8 Å². The van der Waals surface area contributed by atoms with E-state index in [1.807, 2.05) is 29.2 Å². The molecule has 152 valence electrons. The Kier molecular flexibility index (Phi) is 5.27. The van der Waals surface area contributed by atoms with Crippen LogP contribution in [0.1, 0.15) is 24.0 Å². The minimum Gasteiger partial charge on any atom is -0.496 e. The molecule has 0 unspecified atom stereocenters. The van der Waals surface area contributed by atoms with Crippen LogP contribution in [0.2, 0.25) is 0 Å². The molecule has 1 atom stereocenters. The molecular formula is C21H22N2O5S. The highest BCUT2D eigenvalue weighted by molar-refractivity contribution is 7.90. The molecule has 0 N–H and O–H groups in total. The third-order valence-corrected chi connectivity index (χ3v) is 6.55. The lowest BCUT2D eigenvalue weighted by atomic mass is 9.97. The summed E-state index contributed by atoms with van der Waals surface area (Å²) in [7, 11) is -2.10. The third-order valence-electron chi connectivity index (χ3n) is 5.23. The Hall–Kier alpha value is -2.87. The molecule has 2 aromatic carbocycles. The number of esters is 1. The standard InChI is InChI=1S/C21H22N2O5S/c1-27-18-10-4-2-7-16(18)14-28-21(24)15-8-6-12-23(13-15)20-17-9-3-5-11-19(17)29(25,26)22-20/h2-5,7,9-11,15H,6,8,12-14H2,1H3/t15-/m1/s1. The van der Waals surface area contributed by atoms with Crippen LogP contribution in [0, 0.1) is 5.92 Å². The van der Waals surface area contributed by atoms with Gasteiger partial charge in [-0.05, 0) is 31.0 Å². The molecule has 7 nitrogen and oxygen atoms in total. The number of para-hydroxylation sites is 1. The summed E-state index contributed by atoms with van der Waals surface area (Å²) in [5.41, 5.74) is 1.40. The number of benzene rings is 2. The van der Waals surface area contributed by atoms with Gasteiger partial charge in [-0.2, -0.15) is 8.42 Å². The molecule has 0 aromatic heterocycles. The van der Waals surface area contributed by atoms with Crippen LogP contribution in [0.5, 0.6) is 5.75 Å². The van der Waals surface area contributed by atoms with Gasteiger partial charge in [0.1, 0.15) is 17.3 Å². The normalized spacial score (nSPS) is 20.0. The Balaban J connectivity index is 1.46. The van der Waals surface area contributed by atoms with E-state index in [1.165, 1.54) is 0 Å². The van der Waals surface area contributed by atoms with Gasteiger partial charge < -0.3 is 14.4 Å². The number of piperidine rings is 1. The average molecular weight is 414 g/mol. The number of carbonyl (C=O) groups is 1. The van der Waals surface area contributed by atoms with Crippen LogP contribution in [0.4, 0.5) is 0 Å². The SMILES string of the molecule is COc1ccccc1COC(=O)[C@@H]1CCCN(C2=NS(=O)(=O)c3ccccc32)C1. The molecule has 2 aromatic rings. The summed E-state index contributed by atoms with van der Waals surface area (Å²) in [4.78, 5) is 14.8. The van der Waals surface area contributed by atoms with Gasteiger partial charge in [0, 0.05) is 24.2 Å². The van der Waals surface area contributed by atoms with Crippen LogP contribution in [-0.4, -0.2) is 45.3 Å². The summed E-state index contributed by atoms with van der Waals surface area (Å²) in [5, 5.41) is 0. The number of hydrogen-bond acceptors (Lipinski definition) is 6. The zero-order chi connectivity index (χ0) is 20.4. The predicted octanol–water partition coefficient (Wildman–Crippen LogP) is 2.60. The van der Waals surface area contributed by atoms with E-state index >= 15 is 0 Å². The topological polar surface area (TPSA) is 85.3 Å². The molecule has 1 saturated heterocycles. The first-order valence-electron chi connectivity index (χ1n) is 9.47. The molecule has 2 aliphatic rings. The fourth-order valence-corrected chi connectivity index (χ4v) is 5.00. The van der Waals surface area contributed by atoms with E-state index in [9.17, 15) is 13.2 Å². The number of methoxy groups -OCH3 is 1. The number of ether oxygens (including phenoxy) is 2. The van der Waals surface area contributed by atoms with Crippen LogP contribution in [0.3, 0.4) is 0 Å². The van der Waals surface area contributed by atoms with Crippen molar-refractivity contribution in [3.8, 4) is 5.75 Å². The first-order valence-corrected chi connectivity index (χ1v) is 10.9. The number of nitrogens with zero attached hydrogens (tertiary/aromatic N) is 2. The second-order valence-corrected chi connectivity index (χ2v) is 8.66. The monoisotopic (exact) mass is 414 g/mol. The lowest BCUT2D eigenvalue weighted by molar-refractivity contribution is -0.151. The Morgan fingerprint density at radius 1 is 1.17 bits per heavy atom. The second-order valence-electron chi connectivity index (χ2n) is 7.09. The Bertz CT molecular complexity index is 1060. The van der Waals surface area contributed by atoms with E-state index in [-0.39, 0.29) is 23.4 Å². The molecule has 0 saturated carbocycles. The first-order chi connectivity index (χ1) is 14.0. The van der Waals surface area contributed by atoms with Gasteiger partial charge in [-0.15, -0.1) is 4.40 Å². The number of rotatable bonds is 4. The van der Waals surface area contributed by atoms with E-state index in [0.29, 0.717) is 36.7 Å². The smallest absolute Gasteiger partial charge is 0.311 e. The van der Waals surface area contributed by atoms with Crippen molar-refractivity contribution in [3.63, 3.8) is 0 Å². The van der Waals surface area contributed by atoms with E-state index < -0.39 is 10.0 Å². The van der Waals surface area contributed by atoms with E-state index in [4.69, 9.17) is 9.47 Å². The predicted molar refractivity (Wildman–Crippen MR) is 107 cm³/mol. The molecule has 0 radical (unpaired) electrons. The molecular weight excluding hydrogens is 392 g/mol. The average Bonchev–Trinajstić information content (AvgIpc) is 3.03. The van der Waals surface area contributed by atoms with Gasteiger partial charge in [0.2, 0.25) is 0 Å². The van der Waals surface area contributed by atoms with Crippen molar-refractivity contribution in [1.82, 2.24) is 4.90 Å². The number of hydrogen-bond donors (Lipinski definition) is 0. The van der Waals surface area contributed by atoms with Gasteiger partial charge in [0.05, 0.1) is 13.0 Å². The maximum absolute atomic E-state index is 12.7. The van der Waals surface area contributed by atoms with Crippen molar-refractivity contribution < 1.29 is 22.7 Å². The highest BCUT2D eigenvalue weighted by Crippen LogP contribution is 2.30. The summed E-state index contributed by atoms with van der Waals surface area (Å²) >= 11 is 0. The van der Waals surface area contributed by atoms with Crippen molar-refractivity contribution in [2.75, 3.05) is 20.2 Å². The summed E-state index contributed by atoms with van der Waals surface area (Å²) in [6.07, 6.45) is 1.46. The molecule has 2 heterocycles. The summed E-state index contributed by atoms with van der Waals surface area (Å²) in [6.45, 7) is 1.17. The molecule has 0 amide bonds. The van der Waals surface area contributed by atoms with Crippen molar-refractivity contribution in [1.29, 1.82) is 0 Å². The molecule has 2 aliphatic heterocycles. The Labute approximate surface area is 170 Å². The highest BCUT2D eigenvalue weighted by atomic mass is 32.2. The maximum Gasteiger partial charge on any atom is 0.311 e. The molecule has 1 fully saturated rings. The van der Waals surface area contributed by atoms with E-state index in [0.717, 1.165) is 12.0 Å². The summed E-state index contributed by atoms with van der Waals surface area (Å²) in [5.74, 6) is 0.461. The van der Waals surface area contributed by atoms with Crippen molar-refractivity contribution in [2.45, 2.75) is 24.3 Å². The fraction of sp³-hybridized carbons (Fsp3) is 0.333. The highest BCUT2D eigenvalue weighted by Gasteiger charge is 2.35. The lowest BCUT2D eigenvalue weighted by Crippen LogP contribution is -2.42. The van der Waals surface area contributed by atoms with Gasteiger partial charge in [-0.1, -0.05) is 30.3 Å². The van der Waals surface area contributed by atoms with Crippen LogP contribution in [0.25, 0.3) is 0 Å². The number of amidine groups is 1. The number of carbonyl (C=O) groups excluding carboxylic acids is 1. The zero-order valence-electron chi connectivity index (χ0n) is 16.1. The Morgan fingerprint density at radius 2 is 1.93 bits per heavy atom.